The van der Waals surface area contributed by atoms with E-state index in [0.717, 1.165) is 10.0 Å². The molecule has 1 aliphatic heterocycles. The fourth-order valence-electron chi connectivity index (χ4n) is 3.28. The Morgan fingerprint density at radius 2 is 1.94 bits per heavy atom. The van der Waals surface area contributed by atoms with Crippen molar-refractivity contribution in [2.75, 3.05) is 4.90 Å². The van der Waals surface area contributed by atoms with Crippen LogP contribution >= 0.6 is 39.7 Å². The minimum absolute atomic E-state index is 0.0314. The highest BCUT2D eigenvalue weighted by molar-refractivity contribution is 9.10. The van der Waals surface area contributed by atoms with Gasteiger partial charge in [-0.05, 0) is 67.2 Å². The first-order valence-electron chi connectivity index (χ1n) is 9.37. The number of nitrogens with one attached hydrogen (secondary N) is 1. The lowest BCUT2D eigenvalue weighted by Crippen LogP contribution is -2.54. The molecule has 4 rings (SSSR count). The van der Waals surface area contributed by atoms with E-state index in [2.05, 4.69) is 21.2 Å². The Kier molecular flexibility index (Phi) is 6.15. The second-order valence-electron chi connectivity index (χ2n) is 7.01. The highest BCUT2D eigenvalue weighted by atomic mass is 79.9. The van der Waals surface area contributed by atoms with E-state index in [1.54, 1.807) is 18.2 Å². The number of aryl methyl sites for hydroxylation is 1. The maximum atomic E-state index is 13.2. The number of carbonyl (C=O) groups is 2. The quantitative estimate of drug-likeness (QED) is 0.154. The van der Waals surface area contributed by atoms with E-state index in [1.165, 1.54) is 35.2 Å². The van der Waals surface area contributed by atoms with Crippen LogP contribution in [0.15, 0.2) is 63.0 Å². The fourth-order valence-corrected chi connectivity index (χ4v) is 4.24. The lowest BCUT2D eigenvalue weighted by Gasteiger charge is -2.29. The molecule has 1 aliphatic rings. The maximum Gasteiger partial charge on any atom is 0.270 e. The zero-order valence-electron chi connectivity index (χ0n) is 16.8. The topological polar surface area (TPSA) is 106 Å². The minimum atomic E-state index is -0.664. The number of furan rings is 1. The predicted octanol–water partition coefficient (Wildman–Crippen LogP) is 5.41. The number of amides is 2. The smallest absolute Gasteiger partial charge is 0.270 e. The van der Waals surface area contributed by atoms with Crippen molar-refractivity contribution in [3.05, 3.63) is 85.0 Å². The molecule has 0 unspecified atom stereocenters. The van der Waals surface area contributed by atoms with Crippen LogP contribution in [0.4, 0.5) is 11.4 Å². The van der Waals surface area contributed by atoms with Crippen molar-refractivity contribution in [1.82, 2.24) is 5.32 Å². The van der Waals surface area contributed by atoms with Gasteiger partial charge in [0.05, 0.1) is 15.6 Å². The van der Waals surface area contributed by atoms with Crippen LogP contribution in [-0.2, 0) is 9.59 Å². The Morgan fingerprint density at radius 3 is 2.64 bits per heavy atom. The molecule has 2 heterocycles. The molecule has 166 valence electrons. The normalized spacial score (nSPS) is 15.2. The number of nitro groups is 1. The van der Waals surface area contributed by atoms with Crippen LogP contribution in [0, 0.1) is 17.0 Å². The number of thiocarbonyl (C=S) groups is 1. The standard InChI is InChI=1S/C22H13BrClN3O5S/c1-11-8-12(23)2-6-18(11)26-21(29)16(20(28)25-22(26)33)10-14-4-7-19(32-14)15-9-13(27(30)31)3-5-17(15)24/h2-10H,1H3,(H,25,28,33)/b16-10+. The molecule has 1 N–H and O–H groups in total. The zero-order chi connectivity index (χ0) is 23.9. The van der Waals surface area contributed by atoms with E-state index >= 15 is 0 Å². The molecule has 1 fully saturated rings. The molecule has 2 aromatic carbocycles. The van der Waals surface area contributed by atoms with Crippen molar-refractivity contribution in [2.45, 2.75) is 6.92 Å². The van der Waals surface area contributed by atoms with Crippen molar-refractivity contribution < 1.29 is 18.9 Å². The summed E-state index contributed by atoms with van der Waals surface area (Å²) in [6, 6.07) is 12.3. The third kappa shape index (κ3) is 4.45. The lowest BCUT2D eigenvalue weighted by molar-refractivity contribution is -0.384. The van der Waals surface area contributed by atoms with E-state index in [0.29, 0.717) is 11.3 Å². The van der Waals surface area contributed by atoms with Crippen LogP contribution in [0.2, 0.25) is 5.02 Å². The lowest BCUT2D eigenvalue weighted by atomic mass is 10.1. The Balaban J connectivity index is 1.71. The Hall–Kier alpha value is -3.34. The summed E-state index contributed by atoms with van der Waals surface area (Å²) in [5, 5.41) is 13.8. The number of nitrogens with zero attached hydrogens (tertiary/aromatic N) is 2. The first-order chi connectivity index (χ1) is 15.7. The summed E-state index contributed by atoms with van der Waals surface area (Å²) in [5.74, 6) is -0.843. The van der Waals surface area contributed by atoms with Crippen LogP contribution in [-0.4, -0.2) is 21.9 Å². The van der Waals surface area contributed by atoms with E-state index in [-0.39, 0.29) is 32.9 Å². The van der Waals surface area contributed by atoms with Crippen LogP contribution < -0.4 is 10.2 Å². The van der Waals surface area contributed by atoms with Crippen molar-refractivity contribution in [3.8, 4) is 11.3 Å². The first kappa shape index (κ1) is 22.8. The molecule has 1 saturated heterocycles. The van der Waals surface area contributed by atoms with Gasteiger partial charge in [0.1, 0.15) is 17.1 Å². The summed E-state index contributed by atoms with van der Waals surface area (Å²) in [7, 11) is 0. The molecular formula is C22H13BrClN3O5S. The van der Waals surface area contributed by atoms with E-state index in [4.69, 9.17) is 28.2 Å². The molecule has 3 aromatic rings. The molecule has 0 bridgehead atoms. The third-order valence-electron chi connectivity index (χ3n) is 4.84. The number of anilines is 1. The largest absolute Gasteiger partial charge is 0.457 e. The molecule has 0 saturated carbocycles. The zero-order valence-corrected chi connectivity index (χ0v) is 20.0. The number of rotatable bonds is 4. The number of nitro benzene ring substituents is 1. The van der Waals surface area contributed by atoms with Crippen molar-refractivity contribution in [1.29, 1.82) is 0 Å². The monoisotopic (exact) mass is 545 g/mol. The second-order valence-corrected chi connectivity index (χ2v) is 8.72. The van der Waals surface area contributed by atoms with Gasteiger partial charge in [-0.3, -0.25) is 29.9 Å². The highest BCUT2D eigenvalue weighted by Crippen LogP contribution is 2.33. The van der Waals surface area contributed by atoms with Gasteiger partial charge >= 0.3 is 0 Å². The third-order valence-corrected chi connectivity index (χ3v) is 5.95. The summed E-state index contributed by atoms with van der Waals surface area (Å²) in [6.07, 6.45) is 1.29. The van der Waals surface area contributed by atoms with E-state index in [1.807, 2.05) is 13.0 Å². The van der Waals surface area contributed by atoms with Crippen LogP contribution in [0.1, 0.15) is 11.3 Å². The van der Waals surface area contributed by atoms with Crippen LogP contribution in [0.3, 0.4) is 0 Å². The van der Waals surface area contributed by atoms with Gasteiger partial charge in [-0.15, -0.1) is 0 Å². The Bertz CT molecular complexity index is 1380. The molecule has 1 aromatic heterocycles. The summed E-state index contributed by atoms with van der Waals surface area (Å²) < 4.78 is 6.55. The first-order valence-corrected chi connectivity index (χ1v) is 11.0. The number of non-ortho nitro benzene ring substituents is 1. The molecule has 0 radical (unpaired) electrons. The molecule has 0 atom stereocenters. The molecule has 8 nitrogen and oxygen atoms in total. The minimum Gasteiger partial charge on any atom is -0.457 e. The molecule has 33 heavy (non-hydrogen) atoms. The van der Waals surface area contributed by atoms with Crippen LogP contribution in [0.25, 0.3) is 17.4 Å². The Labute approximate surface area is 206 Å². The SMILES string of the molecule is Cc1cc(Br)ccc1N1C(=O)/C(=C/c2ccc(-c3cc([N+](=O)[O-])ccc3Cl)o2)C(=O)NC1=S. The van der Waals surface area contributed by atoms with Crippen molar-refractivity contribution in [2.24, 2.45) is 0 Å². The average Bonchev–Trinajstić information content (AvgIpc) is 3.21. The van der Waals surface area contributed by atoms with Gasteiger partial charge in [0.2, 0.25) is 0 Å². The molecule has 0 aliphatic carbocycles. The van der Waals surface area contributed by atoms with Crippen molar-refractivity contribution in [3.63, 3.8) is 0 Å². The molecule has 11 heteroatoms. The molecular weight excluding hydrogens is 534 g/mol. The summed E-state index contributed by atoms with van der Waals surface area (Å²) >= 11 is 14.8. The average molecular weight is 547 g/mol. The maximum absolute atomic E-state index is 13.2. The predicted molar refractivity (Wildman–Crippen MR) is 131 cm³/mol. The number of carbonyl (C=O) groups excluding carboxylic acids is 2. The Morgan fingerprint density at radius 1 is 1.18 bits per heavy atom. The fraction of sp³-hybridized carbons (Fsp3) is 0.0455. The van der Waals surface area contributed by atoms with Gasteiger partial charge in [0.25, 0.3) is 17.5 Å². The summed E-state index contributed by atoms with van der Waals surface area (Å²) in [4.78, 5) is 37.5. The summed E-state index contributed by atoms with van der Waals surface area (Å²) in [5.41, 5.74) is 1.28. The number of hydrogen-bond acceptors (Lipinski definition) is 6. The van der Waals surface area contributed by atoms with Gasteiger partial charge < -0.3 is 4.42 Å². The van der Waals surface area contributed by atoms with Gasteiger partial charge in [0.15, 0.2) is 5.11 Å². The van der Waals surface area contributed by atoms with Crippen LogP contribution in [0.5, 0.6) is 0 Å². The van der Waals surface area contributed by atoms with Gasteiger partial charge in [-0.1, -0.05) is 27.5 Å². The highest BCUT2D eigenvalue weighted by Gasteiger charge is 2.35. The number of hydrogen-bond donors (Lipinski definition) is 1. The van der Waals surface area contributed by atoms with E-state index in [9.17, 15) is 19.7 Å². The van der Waals surface area contributed by atoms with Gasteiger partial charge in [-0.25, -0.2) is 0 Å². The molecule has 2 amide bonds. The van der Waals surface area contributed by atoms with Crippen molar-refractivity contribution >= 4 is 74.1 Å². The molecule has 0 spiro atoms. The van der Waals surface area contributed by atoms with Gasteiger partial charge in [0, 0.05) is 22.2 Å². The van der Waals surface area contributed by atoms with E-state index < -0.39 is 16.7 Å². The number of benzene rings is 2. The number of halogens is 2. The second kappa shape index (κ2) is 8.89. The van der Waals surface area contributed by atoms with Gasteiger partial charge in [-0.2, -0.15) is 0 Å². The summed E-state index contributed by atoms with van der Waals surface area (Å²) in [6.45, 7) is 1.82.